The number of nitrogens with zero attached hydrogens (tertiary/aromatic N) is 2. The summed E-state index contributed by atoms with van der Waals surface area (Å²) in [5, 5.41) is 17.4. The first-order chi connectivity index (χ1) is 5.27. The maximum atomic E-state index is 8.83. The van der Waals surface area contributed by atoms with Gasteiger partial charge in [-0.25, -0.2) is 0 Å². The van der Waals surface area contributed by atoms with Crippen molar-refractivity contribution in [1.82, 2.24) is 4.90 Å². The van der Waals surface area contributed by atoms with Crippen LogP contribution in [0.25, 0.3) is 0 Å². The van der Waals surface area contributed by atoms with Crippen molar-refractivity contribution < 1.29 is 5.11 Å². The van der Waals surface area contributed by atoms with E-state index in [1.165, 1.54) is 0 Å². The van der Waals surface area contributed by atoms with Gasteiger partial charge in [-0.3, -0.25) is 4.90 Å². The van der Waals surface area contributed by atoms with Gasteiger partial charge in [-0.1, -0.05) is 0 Å². The van der Waals surface area contributed by atoms with E-state index in [1.54, 1.807) is 0 Å². The first-order valence-corrected chi connectivity index (χ1v) is 4.02. The summed E-state index contributed by atoms with van der Waals surface area (Å²) in [5.74, 6) is 0.394. The van der Waals surface area contributed by atoms with Crippen LogP contribution >= 0.6 is 0 Å². The van der Waals surface area contributed by atoms with Gasteiger partial charge in [0, 0.05) is 13.2 Å². The van der Waals surface area contributed by atoms with Crippen LogP contribution in [0.2, 0.25) is 0 Å². The molecule has 0 aliphatic carbocycles. The van der Waals surface area contributed by atoms with Crippen LogP contribution in [-0.4, -0.2) is 35.7 Å². The molecule has 0 bridgehead atoms. The van der Waals surface area contributed by atoms with E-state index in [1.807, 2.05) is 6.92 Å². The first-order valence-electron chi connectivity index (χ1n) is 4.02. The number of aliphatic hydroxyl groups is 1. The normalized spacial score (nSPS) is 28.3. The van der Waals surface area contributed by atoms with E-state index in [-0.39, 0.29) is 12.6 Å². The Morgan fingerprint density at radius 3 is 3.00 bits per heavy atom. The Morgan fingerprint density at radius 2 is 2.55 bits per heavy atom. The molecule has 0 radical (unpaired) electrons. The molecular weight excluding hydrogens is 140 g/mol. The van der Waals surface area contributed by atoms with Crippen molar-refractivity contribution in [2.45, 2.75) is 19.4 Å². The van der Waals surface area contributed by atoms with Crippen molar-refractivity contribution in [3.8, 4) is 6.07 Å². The average Bonchev–Trinajstić information content (AvgIpc) is 2.50. The van der Waals surface area contributed by atoms with Crippen molar-refractivity contribution in [2.75, 3.05) is 19.7 Å². The third kappa shape index (κ3) is 1.92. The standard InChI is InChI=1S/C8H14N2O/c1-7(4-9)10-3-2-8(5-10)6-11/h7-8,11H,2-3,5-6H2,1H3. The van der Waals surface area contributed by atoms with E-state index in [4.69, 9.17) is 10.4 Å². The van der Waals surface area contributed by atoms with Gasteiger partial charge in [0.15, 0.2) is 0 Å². The zero-order valence-corrected chi connectivity index (χ0v) is 6.82. The summed E-state index contributed by atoms with van der Waals surface area (Å²) >= 11 is 0. The molecule has 1 rings (SSSR count). The molecule has 2 unspecified atom stereocenters. The van der Waals surface area contributed by atoms with Crippen LogP contribution < -0.4 is 0 Å². The summed E-state index contributed by atoms with van der Waals surface area (Å²) in [5.41, 5.74) is 0. The fraction of sp³-hybridized carbons (Fsp3) is 0.875. The lowest BCUT2D eigenvalue weighted by molar-refractivity contribution is 0.216. The molecule has 1 saturated heterocycles. The van der Waals surface area contributed by atoms with E-state index in [2.05, 4.69) is 11.0 Å². The highest BCUT2D eigenvalue weighted by Gasteiger charge is 2.24. The van der Waals surface area contributed by atoms with Crippen molar-refractivity contribution in [3.05, 3.63) is 0 Å². The van der Waals surface area contributed by atoms with Crippen LogP contribution in [0, 0.1) is 17.2 Å². The first kappa shape index (κ1) is 8.51. The molecule has 0 amide bonds. The number of hydrogen-bond acceptors (Lipinski definition) is 3. The lowest BCUT2D eigenvalue weighted by Gasteiger charge is -2.17. The van der Waals surface area contributed by atoms with E-state index in [0.29, 0.717) is 5.92 Å². The van der Waals surface area contributed by atoms with Crippen molar-refractivity contribution in [2.24, 2.45) is 5.92 Å². The Kier molecular flexibility index (Phi) is 2.86. The highest BCUT2D eigenvalue weighted by Crippen LogP contribution is 2.17. The molecule has 1 N–H and O–H groups in total. The Bertz CT molecular complexity index is 164. The molecule has 11 heavy (non-hydrogen) atoms. The summed E-state index contributed by atoms with van der Waals surface area (Å²) < 4.78 is 0. The van der Waals surface area contributed by atoms with Gasteiger partial charge in [-0.2, -0.15) is 5.26 Å². The van der Waals surface area contributed by atoms with Crippen LogP contribution in [0.3, 0.4) is 0 Å². The van der Waals surface area contributed by atoms with Crippen molar-refractivity contribution in [1.29, 1.82) is 5.26 Å². The molecule has 0 aromatic heterocycles. The number of hydrogen-bond donors (Lipinski definition) is 1. The zero-order chi connectivity index (χ0) is 8.27. The smallest absolute Gasteiger partial charge is 0.0949 e. The highest BCUT2D eigenvalue weighted by molar-refractivity contribution is 4.91. The second-order valence-corrected chi connectivity index (χ2v) is 3.14. The quantitative estimate of drug-likeness (QED) is 0.618. The summed E-state index contributed by atoms with van der Waals surface area (Å²) in [6, 6.07) is 2.20. The minimum atomic E-state index is 0.00606. The summed E-state index contributed by atoms with van der Waals surface area (Å²) in [6.07, 6.45) is 1.03. The van der Waals surface area contributed by atoms with Crippen LogP contribution in [-0.2, 0) is 0 Å². The van der Waals surface area contributed by atoms with Gasteiger partial charge in [-0.15, -0.1) is 0 Å². The monoisotopic (exact) mass is 154 g/mol. The van der Waals surface area contributed by atoms with Gasteiger partial charge in [0.2, 0.25) is 0 Å². The van der Waals surface area contributed by atoms with Crippen LogP contribution in [0.15, 0.2) is 0 Å². The molecule has 0 aromatic carbocycles. The minimum absolute atomic E-state index is 0.00606. The molecule has 0 saturated carbocycles. The van der Waals surface area contributed by atoms with Crippen molar-refractivity contribution in [3.63, 3.8) is 0 Å². The predicted octanol–water partition coefficient (Wildman–Crippen LogP) is 0.213. The number of aliphatic hydroxyl groups excluding tert-OH is 1. The molecule has 3 heteroatoms. The second kappa shape index (κ2) is 3.70. The largest absolute Gasteiger partial charge is 0.396 e. The topological polar surface area (TPSA) is 47.3 Å². The van der Waals surface area contributed by atoms with Gasteiger partial charge in [0.05, 0.1) is 12.1 Å². The fourth-order valence-electron chi connectivity index (χ4n) is 1.45. The third-order valence-corrected chi connectivity index (χ3v) is 2.31. The molecule has 1 aliphatic rings. The Hall–Kier alpha value is -0.590. The van der Waals surface area contributed by atoms with Crippen LogP contribution in [0.4, 0.5) is 0 Å². The van der Waals surface area contributed by atoms with E-state index in [9.17, 15) is 0 Å². The molecule has 0 aromatic rings. The maximum Gasteiger partial charge on any atom is 0.0949 e. The van der Waals surface area contributed by atoms with Crippen LogP contribution in [0.1, 0.15) is 13.3 Å². The number of likely N-dealkylation sites (tertiary alicyclic amines) is 1. The Labute approximate surface area is 67.2 Å². The SMILES string of the molecule is CC(C#N)N1CCC(CO)C1. The summed E-state index contributed by atoms with van der Waals surface area (Å²) in [6.45, 7) is 4.00. The summed E-state index contributed by atoms with van der Waals surface area (Å²) in [7, 11) is 0. The molecule has 1 aliphatic heterocycles. The Morgan fingerprint density at radius 1 is 1.82 bits per heavy atom. The van der Waals surface area contributed by atoms with Gasteiger partial charge >= 0.3 is 0 Å². The molecule has 2 atom stereocenters. The fourth-order valence-corrected chi connectivity index (χ4v) is 1.45. The average molecular weight is 154 g/mol. The van der Waals surface area contributed by atoms with Gasteiger partial charge in [0.1, 0.15) is 0 Å². The Balaban J connectivity index is 2.36. The molecule has 0 spiro atoms. The minimum Gasteiger partial charge on any atom is -0.396 e. The molecule has 1 heterocycles. The van der Waals surface area contributed by atoms with Crippen LogP contribution in [0.5, 0.6) is 0 Å². The molecule has 1 fully saturated rings. The predicted molar refractivity (Wildman–Crippen MR) is 41.8 cm³/mol. The van der Waals surface area contributed by atoms with Gasteiger partial charge in [0.25, 0.3) is 0 Å². The molecular formula is C8H14N2O. The van der Waals surface area contributed by atoms with E-state index < -0.39 is 0 Å². The second-order valence-electron chi connectivity index (χ2n) is 3.14. The van der Waals surface area contributed by atoms with Crippen molar-refractivity contribution >= 4 is 0 Å². The lowest BCUT2D eigenvalue weighted by Crippen LogP contribution is -2.29. The highest BCUT2D eigenvalue weighted by atomic mass is 16.3. The van der Waals surface area contributed by atoms with Gasteiger partial charge in [-0.05, 0) is 25.8 Å². The maximum absolute atomic E-state index is 8.83. The van der Waals surface area contributed by atoms with E-state index in [0.717, 1.165) is 19.5 Å². The lowest BCUT2D eigenvalue weighted by atomic mass is 10.1. The summed E-state index contributed by atoms with van der Waals surface area (Å²) in [4.78, 5) is 2.11. The third-order valence-electron chi connectivity index (χ3n) is 2.31. The molecule has 62 valence electrons. The van der Waals surface area contributed by atoms with Gasteiger partial charge < -0.3 is 5.11 Å². The molecule has 3 nitrogen and oxygen atoms in total. The van der Waals surface area contributed by atoms with E-state index >= 15 is 0 Å². The number of nitriles is 1. The number of rotatable bonds is 2. The zero-order valence-electron chi connectivity index (χ0n) is 6.82.